The highest BCUT2D eigenvalue weighted by molar-refractivity contribution is 5.99. The number of hydrogen-bond donors (Lipinski definition) is 0. The average molecular weight is 721 g/mol. The largest absolute Gasteiger partial charge is 0.311 e. The summed E-state index contributed by atoms with van der Waals surface area (Å²) in [6, 6.07) is 73.2. The van der Waals surface area contributed by atoms with Gasteiger partial charge in [-0.15, -0.1) is 0 Å². The smallest absolute Gasteiger partial charge is 0.0540 e. The molecule has 4 aliphatic rings. The fourth-order valence-electron chi connectivity index (χ4n) is 10.8. The summed E-state index contributed by atoms with van der Waals surface area (Å²) in [7, 11) is 0. The molecule has 4 bridgehead atoms. The van der Waals surface area contributed by atoms with Crippen molar-refractivity contribution in [1.29, 1.82) is 0 Å². The highest BCUT2D eigenvalue weighted by Crippen LogP contribution is 2.70. The SMILES string of the molecule is c1ccc(N(c2ccc(-c3ccc(N(c4ccccc4)c4cccc5ccccc45)cc3)cc2)c2ccc(-c3ccc(C45CC6CC4CC6C5)cc3)cc2)cc1. The molecule has 8 aromatic carbocycles. The van der Waals surface area contributed by atoms with E-state index in [1.54, 1.807) is 5.56 Å². The third-order valence-electron chi connectivity index (χ3n) is 13.4. The second kappa shape index (κ2) is 13.4. The van der Waals surface area contributed by atoms with Crippen LogP contribution < -0.4 is 9.80 Å². The normalized spacial score (nSPS) is 20.5. The lowest BCUT2D eigenvalue weighted by atomic mass is 9.74. The first-order valence-electron chi connectivity index (χ1n) is 20.3. The van der Waals surface area contributed by atoms with Gasteiger partial charge in [0.25, 0.3) is 0 Å². The molecule has 2 nitrogen and oxygen atoms in total. The van der Waals surface area contributed by atoms with Crippen molar-refractivity contribution in [2.45, 2.75) is 31.1 Å². The van der Waals surface area contributed by atoms with Gasteiger partial charge in [0.15, 0.2) is 0 Å². The number of benzene rings is 8. The third kappa shape index (κ3) is 5.55. The second-order valence-electron chi connectivity index (χ2n) is 16.3. The molecule has 0 spiro atoms. The van der Waals surface area contributed by atoms with E-state index in [1.165, 1.54) is 64.4 Å². The molecule has 0 aliphatic heterocycles. The van der Waals surface area contributed by atoms with Crippen LogP contribution in [0.2, 0.25) is 0 Å². The Bertz CT molecular complexity index is 2610. The zero-order valence-corrected chi connectivity index (χ0v) is 31.5. The van der Waals surface area contributed by atoms with Crippen LogP contribution in [-0.4, -0.2) is 0 Å². The maximum atomic E-state index is 2.45. The topological polar surface area (TPSA) is 6.48 Å². The highest BCUT2D eigenvalue weighted by Gasteiger charge is 2.63. The summed E-state index contributed by atoms with van der Waals surface area (Å²) in [4.78, 5) is 4.71. The quantitative estimate of drug-likeness (QED) is 0.146. The van der Waals surface area contributed by atoms with Crippen molar-refractivity contribution in [1.82, 2.24) is 0 Å². The molecule has 0 aromatic heterocycles. The van der Waals surface area contributed by atoms with E-state index in [9.17, 15) is 0 Å². The zero-order valence-electron chi connectivity index (χ0n) is 31.5. The van der Waals surface area contributed by atoms with Crippen molar-refractivity contribution < 1.29 is 0 Å². The highest BCUT2D eigenvalue weighted by atomic mass is 15.1. The van der Waals surface area contributed by atoms with Crippen LogP contribution >= 0.6 is 0 Å². The summed E-state index contributed by atoms with van der Waals surface area (Å²) < 4.78 is 0. The first-order chi connectivity index (χ1) is 27.7. The Balaban J connectivity index is 0.869. The lowest BCUT2D eigenvalue weighted by Gasteiger charge is -2.29. The molecule has 8 aromatic rings. The monoisotopic (exact) mass is 720 g/mol. The van der Waals surface area contributed by atoms with E-state index in [0.29, 0.717) is 5.41 Å². The van der Waals surface area contributed by atoms with Gasteiger partial charge in [-0.05, 0) is 149 Å². The molecule has 2 heteroatoms. The second-order valence-corrected chi connectivity index (χ2v) is 16.3. The van der Waals surface area contributed by atoms with Crippen LogP contribution in [0, 0.1) is 17.8 Å². The molecule has 4 aliphatic carbocycles. The van der Waals surface area contributed by atoms with E-state index in [2.05, 4.69) is 210 Å². The first-order valence-corrected chi connectivity index (χ1v) is 20.3. The van der Waals surface area contributed by atoms with E-state index < -0.39 is 0 Å². The Labute approximate surface area is 330 Å². The maximum Gasteiger partial charge on any atom is 0.0540 e. The summed E-state index contributed by atoms with van der Waals surface area (Å²) in [6.45, 7) is 0. The van der Waals surface area contributed by atoms with E-state index >= 15 is 0 Å². The molecule has 0 amide bonds. The number of hydrogen-bond acceptors (Lipinski definition) is 2. The summed E-state index contributed by atoms with van der Waals surface area (Å²) >= 11 is 0. The summed E-state index contributed by atoms with van der Waals surface area (Å²) in [5.74, 6) is 2.93. The number of rotatable bonds is 9. The maximum absolute atomic E-state index is 2.45. The number of anilines is 6. The Hall–Kier alpha value is -6.38. The molecular formula is C54H44N2. The number of nitrogens with zero attached hydrogens (tertiary/aromatic N) is 2. The van der Waals surface area contributed by atoms with Crippen molar-refractivity contribution in [3.05, 3.63) is 206 Å². The Morgan fingerprint density at radius 1 is 0.357 bits per heavy atom. The minimum atomic E-state index is 0.481. The van der Waals surface area contributed by atoms with Crippen LogP contribution in [0.1, 0.15) is 31.2 Å². The number of para-hydroxylation sites is 2. The van der Waals surface area contributed by atoms with Gasteiger partial charge in [-0.1, -0.05) is 133 Å². The van der Waals surface area contributed by atoms with Crippen LogP contribution in [0.4, 0.5) is 34.1 Å². The summed E-state index contributed by atoms with van der Waals surface area (Å²) in [5, 5.41) is 2.46. The molecule has 0 saturated heterocycles. The molecule has 12 rings (SSSR count). The van der Waals surface area contributed by atoms with E-state index in [1.807, 2.05) is 0 Å². The van der Waals surface area contributed by atoms with Crippen LogP contribution in [0.25, 0.3) is 33.0 Å². The van der Waals surface area contributed by atoms with Crippen LogP contribution in [0.15, 0.2) is 200 Å². The molecule has 0 heterocycles. The predicted molar refractivity (Wildman–Crippen MR) is 235 cm³/mol. The van der Waals surface area contributed by atoms with Gasteiger partial charge in [-0.2, -0.15) is 0 Å². The van der Waals surface area contributed by atoms with Crippen molar-refractivity contribution in [3.8, 4) is 22.3 Å². The van der Waals surface area contributed by atoms with Crippen molar-refractivity contribution in [2.24, 2.45) is 17.8 Å². The molecule has 4 fully saturated rings. The molecule has 4 saturated carbocycles. The fraction of sp³-hybridized carbons (Fsp3) is 0.148. The average Bonchev–Trinajstić information content (AvgIpc) is 4.04. The molecule has 0 N–H and O–H groups in total. The van der Waals surface area contributed by atoms with Crippen LogP contribution in [0.5, 0.6) is 0 Å². The van der Waals surface area contributed by atoms with Crippen LogP contribution in [0.3, 0.4) is 0 Å². The lowest BCUT2D eigenvalue weighted by molar-refractivity contribution is 0.371. The minimum absolute atomic E-state index is 0.481. The first kappa shape index (κ1) is 33.0. The zero-order chi connectivity index (χ0) is 37.1. The van der Waals surface area contributed by atoms with E-state index in [-0.39, 0.29) is 0 Å². The van der Waals surface area contributed by atoms with Gasteiger partial charge in [0.2, 0.25) is 0 Å². The van der Waals surface area contributed by atoms with Gasteiger partial charge < -0.3 is 9.80 Å². The van der Waals surface area contributed by atoms with Gasteiger partial charge in [0.1, 0.15) is 0 Å². The third-order valence-corrected chi connectivity index (χ3v) is 13.4. The molecule has 56 heavy (non-hydrogen) atoms. The Morgan fingerprint density at radius 3 is 1.27 bits per heavy atom. The number of fused-ring (bicyclic) bond motifs is 1. The van der Waals surface area contributed by atoms with E-state index in [0.717, 1.165) is 46.2 Å². The van der Waals surface area contributed by atoms with E-state index in [4.69, 9.17) is 0 Å². The van der Waals surface area contributed by atoms with Gasteiger partial charge in [0.05, 0.1) is 5.69 Å². The molecular weight excluding hydrogens is 677 g/mol. The van der Waals surface area contributed by atoms with Crippen molar-refractivity contribution in [3.63, 3.8) is 0 Å². The van der Waals surface area contributed by atoms with Gasteiger partial charge in [0, 0.05) is 33.8 Å². The summed E-state index contributed by atoms with van der Waals surface area (Å²) in [5.41, 5.74) is 13.8. The molecule has 0 radical (unpaired) electrons. The Morgan fingerprint density at radius 2 is 0.768 bits per heavy atom. The summed E-state index contributed by atoms with van der Waals surface area (Å²) in [6.07, 6.45) is 5.81. The van der Waals surface area contributed by atoms with Gasteiger partial charge >= 0.3 is 0 Å². The van der Waals surface area contributed by atoms with Crippen molar-refractivity contribution >= 4 is 44.9 Å². The van der Waals surface area contributed by atoms with Crippen molar-refractivity contribution in [2.75, 3.05) is 9.80 Å². The fourth-order valence-corrected chi connectivity index (χ4v) is 10.8. The molecule has 270 valence electrons. The standard InChI is InChI=1S/C54H44N2/c1-3-12-47(13-4-1)55(49-28-20-39(21-29-49)38-18-26-45(27-19-38)54-36-43-34-46(54)35-44(43)37-54)50-30-22-40(23-31-50)41-24-32-51(33-25-41)56(48-14-5-2-6-15-48)53-17-9-11-42-10-7-8-16-52(42)53/h1-33,43-44,46H,34-37H2. The lowest BCUT2D eigenvalue weighted by Crippen LogP contribution is -2.24. The molecule has 2 atom stereocenters. The molecule has 2 unspecified atom stereocenters. The minimum Gasteiger partial charge on any atom is -0.311 e. The van der Waals surface area contributed by atoms with Gasteiger partial charge in [-0.3, -0.25) is 0 Å². The van der Waals surface area contributed by atoms with Gasteiger partial charge in [-0.25, -0.2) is 0 Å². The predicted octanol–water partition coefficient (Wildman–Crippen LogP) is 14.8. The Kier molecular flexibility index (Phi) is 7.91. The van der Waals surface area contributed by atoms with Crippen LogP contribution in [-0.2, 0) is 5.41 Å².